The molecule has 1 N–H and O–H groups in total. The normalized spacial score (nSPS) is 10.7. The van der Waals surface area contributed by atoms with Crippen molar-refractivity contribution in [3.05, 3.63) is 53.8 Å². The zero-order valence-electron chi connectivity index (χ0n) is 14.6. The SMILES string of the molecule is CCOc1ccc2oc(C(=O)Nc3ccccc3OCC)c(C)c2c1. The molecule has 5 nitrogen and oxygen atoms in total. The van der Waals surface area contributed by atoms with E-state index < -0.39 is 0 Å². The lowest BCUT2D eigenvalue weighted by Gasteiger charge is -2.10. The first kappa shape index (κ1) is 16.9. The van der Waals surface area contributed by atoms with Gasteiger partial charge in [0, 0.05) is 10.9 Å². The Labute approximate surface area is 146 Å². The molecule has 25 heavy (non-hydrogen) atoms. The Kier molecular flexibility index (Phi) is 4.93. The monoisotopic (exact) mass is 339 g/mol. The Morgan fingerprint density at radius 3 is 2.60 bits per heavy atom. The summed E-state index contributed by atoms with van der Waals surface area (Å²) >= 11 is 0. The van der Waals surface area contributed by atoms with E-state index in [1.54, 1.807) is 6.07 Å². The number of aryl methyl sites for hydroxylation is 1. The first-order valence-corrected chi connectivity index (χ1v) is 8.33. The van der Waals surface area contributed by atoms with E-state index in [0.717, 1.165) is 16.7 Å². The molecule has 1 amide bonds. The van der Waals surface area contributed by atoms with E-state index in [2.05, 4.69) is 5.32 Å². The van der Waals surface area contributed by atoms with Crippen LogP contribution in [0, 0.1) is 6.92 Å². The van der Waals surface area contributed by atoms with Gasteiger partial charge in [-0.05, 0) is 51.1 Å². The molecule has 3 aromatic rings. The summed E-state index contributed by atoms with van der Waals surface area (Å²) in [5.41, 5.74) is 2.05. The number of amides is 1. The van der Waals surface area contributed by atoms with E-state index in [4.69, 9.17) is 13.9 Å². The van der Waals surface area contributed by atoms with E-state index >= 15 is 0 Å². The summed E-state index contributed by atoms with van der Waals surface area (Å²) < 4.78 is 16.8. The van der Waals surface area contributed by atoms with Crippen LogP contribution in [-0.4, -0.2) is 19.1 Å². The third-order valence-corrected chi connectivity index (χ3v) is 3.86. The van der Waals surface area contributed by atoms with Crippen LogP contribution in [0.25, 0.3) is 11.0 Å². The van der Waals surface area contributed by atoms with Crippen LogP contribution >= 0.6 is 0 Å². The van der Waals surface area contributed by atoms with Gasteiger partial charge in [0.05, 0.1) is 18.9 Å². The van der Waals surface area contributed by atoms with Crippen molar-refractivity contribution in [1.29, 1.82) is 0 Å². The Hall–Kier alpha value is -2.95. The van der Waals surface area contributed by atoms with Crippen LogP contribution < -0.4 is 14.8 Å². The molecule has 0 radical (unpaired) electrons. The number of ether oxygens (including phenoxy) is 2. The lowest BCUT2D eigenvalue weighted by Crippen LogP contribution is -2.13. The topological polar surface area (TPSA) is 60.7 Å². The number of hydrogen-bond acceptors (Lipinski definition) is 4. The average Bonchev–Trinajstić information content (AvgIpc) is 2.94. The smallest absolute Gasteiger partial charge is 0.291 e. The predicted octanol–water partition coefficient (Wildman–Crippen LogP) is 4.79. The van der Waals surface area contributed by atoms with Crippen LogP contribution in [0.5, 0.6) is 11.5 Å². The van der Waals surface area contributed by atoms with Gasteiger partial charge in [-0.3, -0.25) is 4.79 Å². The van der Waals surface area contributed by atoms with Crippen molar-refractivity contribution in [2.45, 2.75) is 20.8 Å². The zero-order chi connectivity index (χ0) is 17.8. The molecule has 2 aromatic carbocycles. The summed E-state index contributed by atoms with van der Waals surface area (Å²) in [5.74, 6) is 1.37. The van der Waals surface area contributed by atoms with E-state index in [9.17, 15) is 4.79 Å². The number of hydrogen-bond donors (Lipinski definition) is 1. The second-order valence-corrected chi connectivity index (χ2v) is 5.53. The molecule has 3 rings (SSSR count). The highest BCUT2D eigenvalue weighted by molar-refractivity contribution is 6.07. The first-order valence-electron chi connectivity index (χ1n) is 8.33. The molecule has 0 saturated heterocycles. The van der Waals surface area contributed by atoms with Gasteiger partial charge in [0.1, 0.15) is 17.1 Å². The molecule has 0 fully saturated rings. The fraction of sp³-hybridized carbons (Fsp3) is 0.250. The second kappa shape index (κ2) is 7.30. The highest BCUT2D eigenvalue weighted by atomic mass is 16.5. The summed E-state index contributed by atoms with van der Waals surface area (Å²) in [7, 11) is 0. The van der Waals surface area contributed by atoms with Gasteiger partial charge in [0.2, 0.25) is 0 Å². The van der Waals surface area contributed by atoms with Crippen LogP contribution in [0.4, 0.5) is 5.69 Å². The number of fused-ring (bicyclic) bond motifs is 1. The minimum Gasteiger partial charge on any atom is -0.494 e. The van der Waals surface area contributed by atoms with Gasteiger partial charge in [-0.2, -0.15) is 0 Å². The number of nitrogens with one attached hydrogen (secondary N) is 1. The van der Waals surface area contributed by atoms with Gasteiger partial charge in [0.15, 0.2) is 5.76 Å². The molecule has 0 atom stereocenters. The molecule has 0 aliphatic heterocycles. The lowest BCUT2D eigenvalue weighted by atomic mass is 10.1. The number of carbonyl (C=O) groups excluding carboxylic acids is 1. The molecular weight excluding hydrogens is 318 g/mol. The predicted molar refractivity (Wildman–Crippen MR) is 97.7 cm³/mol. The number of rotatable bonds is 6. The number of para-hydroxylation sites is 2. The van der Waals surface area contributed by atoms with E-state index in [1.807, 2.05) is 57.2 Å². The molecule has 1 heterocycles. The van der Waals surface area contributed by atoms with Crippen molar-refractivity contribution < 1.29 is 18.7 Å². The third-order valence-electron chi connectivity index (χ3n) is 3.86. The minimum absolute atomic E-state index is 0.287. The summed E-state index contributed by atoms with van der Waals surface area (Å²) in [5, 5.41) is 3.73. The van der Waals surface area contributed by atoms with Crippen molar-refractivity contribution in [2.75, 3.05) is 18.5 Å². The summed E-state index contributed by atoms with van der Waals surface area (Å²) in [6, 6.07) is 12.9. The highest BCUT2D eigenvalue weighted by Gasteiger charge is 2.19. The van der Waals surface area contributed by atoms with Crippen molar-refractivity contribution in [3.63, 3.8) is 0 Å². The molecule has 0 aliphatic rings. The number of carbonyl (C=O) groups is 1. The van der Waals surface area contributed by atoms with Crippen LogP contribution in [0.2, 0.25) is 0 Å². The van der Waals surface area contributed by atoms with Crippen LogP contribution in [-0.2, 0) is 0 Å². The van der Waals surface area contributed by atoms with Gasteiger partial charge >= 0.3 is 0 Å². The van der Waals surface area contributed by atoms with Gasteiger partial charge in [-0.1, -0.05) is 12.1 Å². The molecular formula is C20H21NO4. The molecule has 0 bridgehead atoms. The maximum absolute atomic E-state index is 12.7. The fourth-order valence-corrected chi connectivity index (χ4v) is 2.70. The van der Waals surface area contributed by atoms with Gasteiger partial charge in [-0.15, -0.1) is 0 Å². The number of anilines is 1. The molecule has 0 unspecified atom stereocenters. The quantitative estimate of drug-likeness (QED) is 0.701. The molecule has 130 valence electrons. The largest absolute Gasteiger partial charge is 0.494 e. The second-order valence-electron chi connectivity index (χ2n) is 5.53. The summed E-state index contributed by atoms with van der Waals surface area (Å²) in [6.45, 7) is 6.81. The molecule has 1 aromatic heterocycles. The standard InChI is InChI=1S/C20H21NO4/c1-4-23-14-10-11-17-15(12-14)13(3)19(25-17)20(22)21-16-8-6-7-9-18(16)24-5-2/h6-12H,4-5H2,1-3H3,(H,21,22). The Bertz CT molecular complexity index is 898. The fourth-order valence-electron chi connectivity index (χ4n) is 2.70. The lowest BCUT2D eigenvalue weighted by molar-refractivity contribution is 0.0997. The highest BCUT2D eigenvalue weighted by Crippen LogP contribution is 2.30. The van der Waals surface area contributed by atoms with E-state index in [1.165, 1.54) is 0 Å². The molecule has 0 saturated carbocycles. The van der Waals surface area contributed by atoms with Gasteiger partial charge in [0.25, 0.3) is 5.91 Å². The minimum atomic E-state index is -0.307. The summed E-state index contributed by atoms with van der Waals surface area (Å²) in [6.07, 6.45) is 0. The average molecular weight is 339 g/mol. The molecule has 5 heteroatoms. The van der Waals surface area contributed by atoms with Gasteiger partial charge < -0.3 is 19.2 Å². The van der Waals surface area contributed by atoms with Gasteiger partial charge in [-0.25, -0.2) is 0 Å². The van der Waals surface area contributed by atoms with Crippen LogP contribution in [0.15, 0.2) is 46.9 Å². The number of benzene rings is 2. The van der Waals surface area contributed by atoms with Crippen LogP contribution in [0.1, 0.15) is 30.0 Å². The summed E-state index contributed by atoms with van der Waals surface area (Å²) in [4.78, 5) is 12.7. The maximum Gasteiger partial charge on any atom is 0.291 e. The van der Waals surface area contributed by atoms with E-state index in [-0.39, 0.29) is 11.7 Å². The molecule has 0 spiro atoms. The molecule has 0 aliphatic carbocycles. The van der Waals surface area contributed by atoms with E-state index in [0.29, 0.717) is 30.2 Å². The Morgan fingerprint density at radius 1 is 1.08 bits per heavy atom. The van der Waals surface area contributed by atoms with Crippen molar-refractivity contribution in [2.24, 2.45) is 0 Å². The van der Waals surface area contributed by atoms with Crippen molar-refractivity contribution >= 4 is 22.6 Å². The Morgan fingerprint density at radius 2 is 1.84 bits per heavy atom. The zero-order valence-corrected chi connectivity index (χ0v) is 14.6. The van der Waals surface area contributed by atoms with Crippen molar-refractivity contribution in [3.8, 4) is 11.5 Å². The van der Waals surface area contributed by atoms with Crippen LogP contribution in [0.3, 0.4) is 0 Å². The first-order chi connectivity index (χ1) is 12.1. The maximum atomic E-state index is 12.7. The third kappa shape index (κ3) is 3.45. The Balaban J connectivity index is 1.91. The van der Waals surface area contributed by atoms with Crippen molar-refractivity contribution in [1.82, 2.24) is 0 Å². The number of furan rings is 1.